The molecule has 0 atom stereocenters. The fraction of sp³-hybridized carbons (Fsp3) is 0.542. The van der Waals surface area contributed by atoms with Crippen LogP contribution in [0.25, 0.3) is 10.9 Å². The second-order valence-corrected chi connectivity index (χ2v) is 7.55. The molecule has 2 aromatic rings. The van der Waals surface area contributed by atoms with Crippen LogP contribution in [0.3, 0.4) is 0 Å². The normalized spacial score (nSPS) is 11.7. The highest BCUT2D eigenvalue weighted by molar-refractivity contribution is 5.84. The first kappa shape index (κ1) is 21.3. The van der Waals surface area contributed by atoms with Crippen LogP contribution in [0.15, 0.2) is 42.7 Å². The first-order chi connectivity index (χ1) is 13.2. The number of hydrogen-bond acceptors (Lipinski definition) is 3. The minimum atomic E-state index is 0.159. The lowest BCUT2D eigenvalue weighted by molar-refractivity contribution is 0.245. The average molecular weight is 370 g/mol. The number of nitrogens with zero attached hydrogens (tertiary/aromatic N) is 1. The molecule has 0 radical (unpaired) electrons. The predicted molar refractivity (Wildman–Crippen MR) is 115 cm³/mol. The SMILES string of the molecule is CC(C)Oc1cccc2ccc(CCCCCCCCCCC=CO)nc12. The first-order valence-electron chi connectivity index (χ1n) is 10.5. The van der Waals surface area contributed by atoms with Gasteiger partial charge in [-0.25, -0.2) is 4.98 Å². The van der Waals surface area contributed by atoms with E-state index in [0.717, 1.165) is 35.8 Å². The van der Waals surface area contributed by atoms with Crippen molar-refractivity contribution in [3.63, 3.8) is 0 Å². The maximum absolute atomic E-state index is 8.58. The molecule has 0 aliphatic carbocycles. The number of allylic oxidation sites excluding steroid dienone is 1. The summed E-state index contributed by atoms with van der Waals surface area (Å²) in [6, 6.07) is 10.5. The largest absolute Gasteiger partial charge is 0.516 e. The van der Waals surface area contributed by atoms with E-state index in [4.69, 9.17) is 14.8 Å². The molecule has 27 heavy (non-hydrogen) atoms. The number of aromatic nitrogens is 1. The lowest BCUT2D eigenvalue weighted by Crippen LogP contribution is -2.06. The number of aryl methyl sites for hydroxylation is 1. The maximum Gasteiger partial charge on any atom is 0.145 e. The molecule has 1 heterocycles. The molecule has 0 spiro atoms. The van der Waals surface area contributed by atoms with E-state index in [1.54, 1.807) is 0 Å². The zero-order chi connectivity index (χ0) is 19.3. The Hall–Kier alpha value is -2.03. The van der Waals surface area contributed by atoms with E-state index in [1.807, 2.05) is 18.2 Å². The summed E-state index contributed by atoms with van der Waals surface area (Å²) in [5.41, 5.74) is 2.15. The standard InChI is InChI=1S/C24H35NO2/c1-20(2)27-23-16-13-14-21-17-18-22(25-24(21)23)15-11-9-7-5-3-4-6-8-10-12-19-26/h12-14,16-20,26H,3-11,15H2,1-2H3. The summed E-state index contributed by atoms with van der Waals surface area (Å²) < 4.78 is 5.92. The van der Waals surface area contributed by atoms with Crippen LogP contribution in [-0.2, 0) is 6.42 Å². The zero-order valence-electron chi connectivity index (χ0n) is 17.0. The quantitative estimate of drug-likeness (QED) is 0.301. The van der Waals surface area contributed by atoms with Crippen LogP contribution in [0.1, 0.15) is 77.3 Å². The molecule has 1 N–H and O–H groups in total. The van der Waals surface area contributed by atoms with Gasteiger partial charge in [0, 0.05) is 11.1 Å². The van der Waals surface area contributed by atoms with Crippen molar-refractivity contribution >= 4 is 10.9 Å². The molecule has 0 aliphatic heterocycles. The molecule has 0 saturated carbocycles. The van der Waals surface area contributed by atoms with E-state index >= 15 is 0 Å². The number of unbranched alkanes of at least 4 members (excludes halogenated alkanes) is 8. The number of aliphatic hydroxyl groups is 1. The van der Waals surface area contributed by atoms with E-state index in [2.05, 4.69) is 32.0 Å². The number of fused-ring (bicyclic) bond motifs is 1. The van der Waals surface area contributed by atoms with Crippen molar-refractivity contribution in [3.8, 4) is 5.75 Å². The van der Waals surface area contributed by atoms with Crippen molar-refractivity contribution < 1.29 is 9.84 Å². The minimum absolute atomic E-state index is 0.159. The van der Waals surface area contributed by atoms with Crippen LogP contribution in [0.4, 0.5) is 0 Å². The van der Waals surface area contributed by atoms with Crippen molar-refractivity contribution in [3.05, 3.63) is 48.4 Å². The second-order valence-electron chi connectivity index (χ2n) is 7.55. The van der Waals surface area contributed by atoms with Gasteiger partial charge in [-0.1, -0.05) is 62.8 Å². The number of rotatable bonds is 13. The Morgan fingerprint density at radius 3 is 2.33 bits per heavy atom. The Morgan fingerprint density at radius 1 is 0.926 bits per heavy atom. The van der Waals surface area contributed by atoms with Crippen molar-refractivity contribution in [2.45, 2.75) is 84.2 Å². The molecule has 0 saturated heterocycles. The average Bonchev–Trinajstić information content (AvgIpc) is 2.66. The van der Waals surface area contributed by atoms with Crippen LogP contribution in [0, 0.1) is 0 Å². The number of hydrogen-bond donors (Lipinski definition) is 1. The van der Waals surface area contributed by atoms with Gasteiger partial charge in [-0.05, 0) is 51.7 Å². The summed E-state index contributed by atoms with van der Waals surface area (Å²) in [6.45, 7) is 4.10. The van der Waals surface area contributed by atoms with Gasteiger partial charge >= 0.3 is 0 Å². The smallest absolute Gasteiger partial charge is 0.145 e. The number of ether oxygens (including phenoxy) is 1. The number of pyridine rings is 1. The highest BCUT2D eigenvalue weighted by Gasteiger charge is 2.06. The van der Waals surface area contributed by atoms with E-state index in [0.29, 0.717) is 0 Å². The maximum atomic E-state index is 8.58. The molecule has 3 nitrogen and oxygen atoms in total. The lowest BCUT2D eigenvalue weighted by atomic mass is 10.1. The molecule has 148 valence electrons. The number of para-hydroxylation sites is 1. The number of benzene rings is 1. The molecule has 0 unspecified atom stereocenters. The highest BCUT2D eigenvalue weighted by atomic mass is 16.5. The molecule has 0 bridgehead atoms. The Kier molecular flexibility index (Phi) is 9.75. The van der Waals surface area contributed by atoms with Crippen molar-refractivity contribution in [1.29, 1.82) is 0 Å². The third-order valence-corrected chi connectivity index (χ3v) is 4.76. The van der Waals surface area contributed by atoms with Crippen LogP contribution in [0.5, 0.6) is 5.75 Å². The topological polar surface area (TPSA) is 42.4 Å². The molecular formula is C24H35NO2. The fourth-order valence-electron chi connectivity index (χ4n) is 3.35. The Balaban J connectivity index is 1.68. The summed E-state index contributed by atoms with van der Waals surface area (Å²) >= 11 is 0. The first-order valence-corrected chi connectivity index (χ1v) is 10.5. The zero-order valence-corrected chi connectivity index (χ0v) is 17.0. The van der Waals surface area contributed by atoms with E-state index in [-0.39, 0.29) is 6.10 Å². The highest BCUT2D eigenvalue weighted by Crippen LogP contribution is 2.25. The van der Waals surface area contributed by atoms with E-state index < -0.39 is 0 Å². The Bertz CT molecular complexity index is 694. The van der Waals surface area contributed by atoms with Gasteiger partial charge in [-0.3, -0.25) is 0 Å². The Morgan fingerprint density at radius 2 is 1.63 bits per heavy atom. The lowest BCUT2D eigenvalue weighted by Gasteiger charge is -2.12. The summed E-state index contributed by atoms with van der Waals surface area (Å²) in [5.74, 6) is 0.888. The molecule has 3 heteroatoms. The van der Waals surface area contributed by atoms with E-state index in [1.165, 1.54) is 57.1 Å². The van der Waals surface area contributed by atoms with Gasteiger partial charge in [-0.2, -0.15) is 0 Å². The molecule has 0 aliphatic rings. The molecular weight excluding hydrogens is 334 g/mol. The monoisotopic (exact) mass is 369 g/mol. The fourth-order valence-corrected chi connectivity index (χ4v) is 3.35. The second kappa shape index (κ2) is 12.4. The molecule has 0 fully saturated rings. The third-order valence-electron chi connectivity index (χ3n) is 4.76. The van der Waals surface area contributed by atoms with Crippen molar-refractivity contribution in [1.82, 2.24) is 4.98 Å². The van der Waals surface area contributed by atoms with Gasteiger partial charge in [0.15, 0.2) is 0 Å². The molecule has 2 rings (SSSR count). The van der Waals surface area contributed by atoms with Gasteiger partial charge in [-0.15, -0.1) is 0 Å². The van der Waals surface area contributed by atoms with Crippen molar-refractivity contribution in [2.75, 3.05) is 0 Å². The summed E-state index contributed by atoms with van der Waals surface area (Å²) in [5, 5.41) is 9.73. The molecule has 0 amide bonds. The predicted octanol–water partition coefficient (Wildman–Crippen LogP) is 7.15. The molecule has 1 aromatic carbocycles. The summed E-state index contributed by atoms with van der Waals surface area (Å²) in [7, 11) is 0. The van der Waals surface area contributed by atoms with Gasteiger partial charge < -0.3 is 9.84 Å². The number of aliphatic hydroxyl groups excluding tert-OH is 1. The summed E-state index contributed by atoms with van der Waals surface area (Å²) in [6.07, 6.45) is 15.4. The third kappa shape index (κ3) is 8.03. The van der Waals surface area contributed by atoms with Crippen molar-refractivity contribution in [2.24, 2.45) is 0 Å². The van der Waals surface area contributed by atoms with Gasteiger partial charge in [0.2, 0.25) is 0 Å². The van der Waals surface area contributed by atoms with Gasteiger partial charge in [0.1, 0.15) is 11.3 Å². The van der Waals surface area contributed by atoms with E-state index in [9.17, 15) is 0 Å². The minimum Gasteiger partial charge on any atom is -0.516 e. The van der Waals surface area contributed by atoms with Crippen LogP contribution in [0.2, 0.25) is 0 Å². The van der Waals surface area contributed by atoms with Crippen LogP contribution >= 0.6 is 0 Å². The van der Waals surface area contributed by atoms with Gasteiger partial charge in [0.25, 0.3) is 0 Å². The van der Waals surface area contributed by atoms with Crippen LogP contribution < -0.4 is 4.74 Å². The Labute approximate surface area is 164 Å². The van der Waals surface area contributed by atoms with Crippen LogP contribution in [-0.4, -0.2) is 16.2 Å². The summed E-state index contributed by atoms with van der Waals surface area (Å²) in [4.78, 5) is 4.86. The molecule has 1 aromatic heterocycles. The van der Waals surface area contributed by atoms with Gasteiger partial charge in [0.05, 0.1) is 12.4 Å².